The maximum absolute atomic E-state index is 10.5. The van der Waals surface area contributed by atoms with Gasteiger partial charge in [0.25, 0.3) is 0 Å². The third kappa shape index (κ3) is 1.78. The monoisotopic (exact) mass is 225 g/mol. The quantitative estimate of drug-likeness (QED) is 0.730. The van der Waals surface area contributed by atoms with Gasteiger partial charge in [-0.2, -0.15) is 0 Å². The predicted molar refractivity (Wildman–Crippen MR) is 45.3 cm³/mol. The topological polar surface area (TPSA) is 53.1 Å². The molecule has 0 amide bonds. The fourth-order valence-electron chi connectivity index (χ4n) is 1.19. The van der Waals surface area contributed by atoms with Crippen LogP contribution in [0.4, 0.5) is 0 Å². The third-order valence-corrected chi connectivity index (χ3v) is 1.76. The SMILES string of the molecule is O=C(O)c1cc2ccccc2[nH]1.[Zn]. The maximum Gasteiger partial charge on any atom is 0.352 e. The maximum atomic E-state index is 10.5. The molecule has 0 fully saturated rings. The van der Waals surface area contributed by atoms with Gasteiger partial charge in [0.2, 0.25) is 0 Å². The molecule has 2 N–H and O–H groups in total. The number of hydrogen-bond acceptors (Lipinski definition) is 1. The van der Waals surface area contributed by atoms with Crippen molar-refractivity contribution in [1.29, 1.82) is 0 Å². The molecule has 0 saturated carbocycles. The van der Waals surface area contributed by atoms with Crippen LogP contribution in [-0.4, -0.2) is 16.1 Å². The number of benzene rings is 1. The Kier molecular flexibility index (Phi) is 2.84. The molecule has 1 heterocycles. The zero-order valence-corrected chi connectivity index (χ0v) is 9.92. The first-order chi connectivity index (χ1) is 5.77. The van der Waals surface area contributed by atoms with Crippen molar-refractivity contribution in [2.45, 2.75) is 0 Å². The Morgan fingerprint density at radius 2 is 2.00 bits per heavy atom. The Morgan fingerprint density at radius 3 is 2.62 bits per heavy atom. The minimum absolute atomic E-state index is 0. The Hall–Kier alpha value is -1.15. The second-order valence-corrected chi connectivity index (χ2v) is 2.58. The first-order valence-electron chi connectivity index (χ1n) is 3.58. The Labute approximate surface area is 87.5 Å². The van der Waals surface area contributed by atoms with E-state index in [1.807, 2.05) is 24.3 Å². The molecule has 4 heteroatoms. The van der Waals surface area contributed by atoms with E-state index in [-0.39, 0.29) is 25.2 Å². The molecule has 0 bridgehead atoms. The Morgan fingerprint density at radius 1 is 1.31 bits per heavy atom. The molecular weight excluding hydrogens is 219 g/mol. The molecule has 62 valence electrons. The van der Waals surface area contributed by atoms with Gasteiger partial charge in [0.05, 0.1) is 0 Å². The summed E-state index contributed by atoms with van der Waals surface area (Å²) < 4.78 is 0. The number of aromatic nitrogens is 1. The Balaban J connectivity index is 0.000000845. The van der Waals surface area contributed by atoms with Crippen LogP contribution in [0.15, 0.2) is 30.3 Å². The van der Waals surface area contributed by atoms with Gasteiger partial charge in [-0.25, -0.2) is 4.79 Å². The fourth-order valence-corrected chi connectivity index (χ4v) is 1.19. The second kappa shape index (κ2) is 3.71. The van der Waals surface area contributed by atoms with Gasteiger partial charge in [-0.15, -0.1) is 0 Å². The van der Waals surface area contributed by atoms with Crippen molar-refractivity contribution < 1.29 is 29.4 Å². The third-order valence-electron chi connectivity index (χ3n) is 1.76. The summed E-state index contributed by atoms with van der Waals surface area (Å²) in [4.78, 5) is 13.3. The van der Waals surface area contributed by atoms with Crippen LogP contribution in [0.25, 0.3) is 10.9 Å². The summed E-state index contributed by atoms with van der Waals surface area (Å²) in [6.45, 7) is 0. The van der Waals surface area contributed by atoms with Crippen molar-refractivity contribution >= 4 is 16.9 Å². The van der Waals surface area contributed by atoms with Crippen LogP contribution in [0, 0.1) is 0 Å². The number of nitrogens with one attached hydrogen (secondary N) is 1. The number of aromatic amines is 1. The van der Waals surface area contributed by atoms with E-state index in [1.165, 1.54) is 0 Å². The number of hydrogen-bond donors (Lipinski definition) is 2. The standard InChI is InChI=1S/C9H7NO2.Zn/c11-9(12)8-5-6-3-1-2-4-7(6)10-8;/h1-5,10H,(H,11,12);. The van der Waals surface area contributed by atoms with Crippen LogP contribution in [0.5, 0.6) is 0 Å². The van der Waals surface area contributed by atoms with Gasteiger partial charge in [-0.05, 0) is 12.1 Å². The van der Waals surface area contributed by atoms with Gasteiger partial charge in [-0.1, -0.05) is 18.2 Å². The molecule has 0 aliphatic rings. The number of carboxylic acid groups (broad SMARTS) is 1. The molecule has 1 aromatic carbocycles. The van der Waals surface area contributed by atoms with Crippen molar-refractivity contribution in [3.63, 3.8) is 0 Å². The van der Waals surface area contributed by atoms with Crippen molar-refractivity contribution in [3.05, 3.63) is 36.0 Å². The van der Waals surface area contributed by atoms with Gasteiger partial charge < -0.3 is 10.1 Å². The molecule has 0 aliphatic carbocycles. The summed E-state index contributed by atoms with van der Waals surface area (Å²) in [7, 11) is 0. The van der Waals surface area contributed by atoms with Crippen LogP contribution in [-0.2, 0) is 19.5 Å². The van der Waals surface area contributed by atoms with Crippen LogP contribution in [0.3, 0.4) is 0 Å². The number of aromatic carboxylic acids is 1. The van der Waals surface area contributed by atoms with Crippen molar-refractivity contribution in [2.24, 2.45) is 0 Å². The van der Waals surface area contributed by atoms with E-state index in [9.17, 15) is 4.79 Å². The van der Waals surface area contributed by atoms with E-state index < -0.39 is 5.97 Å². The molecule has 2 rings (SSSR count). The van der Waals surface area contributed by atoms with E-state index in [1.54, 1.807) is 6.07 Å². The molecule has 0 aliphatic heterocycles. The molecule has 3 nitrogen and oxygen atoms in total. The number of carbonyl (C=O) groups is 1. The zero-order chi connectivity index (χ0) is 8.55. The average molecular weight is 227 g/mol. The molecule has 13 heavy (non-hydrogen) atoms. The number of H-pyrrole nitrogens is 1. The Bertz CT molecular complexity index is 403. The van der Waals surface area contributed by atoms with Crippen LogP contribution in [0.2, 0.25) is 0 Å². The van der Waals surface area contributed by atoms with E-state index >= 15 is 0 Å². The molecule has 0 atom stereocenters. The molecule has 0 spiro atoms. The average Bonchev–Trinajstić information content (AvgIpc) is 2.46. The first kappa shape index (κ1) is 9.94. The van der Waals surface area contributed by atoms with Gasteiger partial charge >= 0.3 is 5.97 Å². The van der Waals surface area contributed by atoms with Crippen molar-refractivity contribution in [2.75, 3.05) is 0 Å². The number of carboxylic acids is 1. The normalized spacial score (nSPS) is 9.54. The van der Waals surface area contributed by atoms with Gasteiger partial charge in [-0.3, -0.25) is 0 Å². The number of rotatable bonds is 1. The smallest absolute Gasteiger partial charge is 0.352 e. The molecule has 2 aromatic rings. The van der Waals surface area contributed by atoms with Gasteiger partial charge in [0, 0.05) is 30.4 Å². The molecule has 1 aromatic heterocycles. The van der Waals surface area contributed by atoms with E-state index in [0.29, 0.717) is 0 Å². The summed E-state index contributed by atoms with van der Waals surface area (Å²) in [5.41, 5.74) is 1.09. The van der Waals surface area contributed by atoms with Crippen LogP contribution in [0.1, 0.15) is 10.5 Å². The summed E-state index contributed by atoms with van der Waals surface area (Å²) in [5.74, 6) is -0.925. The largest absolute Gasteiger partial charge is 0.477 e. The van der Waals surface area contributed by atoms with E-state index in [0.717, 1.165) is 10.9 Å². The minimum Gasteiger partial charge on any atom is -0.477 e. The minimum atomic E-state index is -0.925. The van der Waals surface area contributed by atoms with Crippen LogP contribution < -0.4 is 0 Å². The van der Waals surface area contributed by atoms with E-state index in [4.69, 9.17) is 5.11 Å². The number of para-hydroxylation sites is 1. The molecule has 0 saturated heterocycles. The molecule has 0 radical (unpaired) electrons. The first-order valence-corrected chi connectivity index (χ1v) is 3.58. The second-order valence-electron chi connectivity index (χ2n) is 2.58. The van der Waals surface area contributed by atoms with Gasteiger partial charge in [0.1, 0.15) is 5.69 Å². The summed E-state index contributed by atoms with van der Waals surface area (Å²) in [6, 6.07) is 9.09. The predicted octanol–water partition coefficient (Wildman–Crippen LogP) is 1.86. The summed E-state index contributed by atoms with van der Waals surface area (Å²) in [5, 5.41) is 9.58. The molecular formula is C9H7NO2Zn. The van der Waals surface area contributed by atoms with Crippen LogP contribution >= 0.6 is 0 Å². The zero-order valence-electron chi connectivity index (χ0n) is 6.95. The summed E-state index contributed by atoms with van der Waals surface area (Å²) in [6.07, 6.45) is 0. The summed E-state index contributed by atoms with van der Waals surface area (Å²) >= 11 is 0. The molecule has 0 unspecified atom stereocenters. The van der Waals surface area contributed by atoms with Crippen molar-refractivity contribution in [3.8, 4) is 0 Å². The van der Waals surface area contributed by atoms with Gasteiger partial charge in [0.15, 0.2) is 0 Å². The van der Waals surface area contributed by atoms with Crippen molar-refractivity contribution in [1.82, 2.24) is 4.98 Å². The number of fused-ring (bicyclic) bond motifs is 1. The van der Waals surface area contributed by atoms with E-state index in [2.05, 4.69) is 4.98 Å². The fraction of sp³-hybridized carbons (Fsp3) is 0.